The molecule has 6 N–H and O–H groups in total. The van der Waals surface area contributed by atoms with Crippen LogP contribution >= 0.6 is 0 Å². The molecule has 0 aromatic heterocycles. The van der Waals surface area contributed by atoms with Crippen LogP contribution in [0.2, 0.25) is 0 Å². The number of allylic oxidation sites excluding steroid dienone is 5. The van der Waals surface area contributed by atoms with Gasteiger partial charge in [-0.2, -0.15) is 8.42 Å². The molecule has 1 saturated heterocycles. The number of aliphatic hydroxyl groups is 4. The summed E-state index contributed by atoms with van der Waals surface area (Å²) in [5.74, 6) is -0.274. The summed E-state index contributed by atoms with van der Waals surface area (Å²) in [5, 5.41) is 44.5. The van der Waals surface area contributed by atoms with Crippen molar-refractivity contribution in [1.82, 2.24) is 5.32 Å². The minimum atomic E-state index is -5.08. The van der Waals surface area contributed by atoms with E-state index in [-0.39, 0.29) is 18.9 Å². The van der Waals surface area contributed by atoms with Crippen molar-refractivity contribution in [3.8, 4) is 0 Å². The quantitative estimate of drug-likeness (QED) is 0.0196. The highest BCUT2D eigenvalue weighted by Gasteiger charge is 2.48. The number of carbonyl (C=O) groups excluding carboxylic acids is 1. The summed E-state index contributed by atoms with van der Waals surface area (Å²) >= 11 is 0. The van der Waals surface area contributed by atoms with Crippen LogP contribution in [0.25, 0.3) is 0 Å². The lowest BCUT2D eigenvalue weighted by Crippen LogP contribution is -2.61. The highest BCUT2D eigenvalue weighted by molar-refractivity contribution is 7.80. The van der Waals surface area contributed by atoms with Crippen LogP contribution in [0.5, 0.6) is 0 Å². The summed E-state index contributed by atoms with van der Waals surface area (Å²) < 4.78 is 47.5. The summed E-state index contributed by atoms with van der Waals surface area (Å²) in [4.78, 5) is 13.0. The summed E-state index contributed by atoms with van der Waals surface area (Å²) in [6.45, 7) is 3.34. The van der Waals surface area contributed by atoms with Crippen molar-refractivity contribution >= 4 is 16.3 Å². The van der Waals surface area contributed by atoms with Gasteiger partial charge in [0.15, 0.2) is 6.29 Å². The first-order valence-corrected chi connectivity index (χ1v) is 24.7. The maximum atomic E-state index is 13.0. The molecule has 7 unspecified atom stereocenters. The Balaban J connectivity index is 2.41. The molecule has 7 atom stereocenters. The van der Waals surface area contributed by atoms with Gasteiger partial charge in [-0.05, 0) is 51.4 Å². The molecule has 0 radical (unpaired) electrons. The standard InChI is InChI=1S/C46H85NO11S/c1-3-5-7-9-11-13-14-15-16-17-18-19-20-21-22-23-24-25-26-28-30-32-34-36-42(50)47-39(40(49)35-33-31-29-27-12-10-8-6-4-2)38-56-46-44(52)45(58-59(53,54)55)43(51)41(37-48)57-46/h18-19,21-22,33,35,39-41,43-46,48-49,51-52H,3-17,20,23-32,34,36-38H2,1-2H3,(H,47,50)(H,53,54,55)/b19-18-,22-21-,35-33+. The lowest BCUT2D eigenvalue weighted by molar-refractivity contribution is -0.298. The van der Waals surface area contributed by atoms with E-state index in [1.54, 1.807) is 6.08 Å². The smallest absolute Gasteiger partial charge is 0.394 e. The van der Waals surface area contributed by atoms with E-state index in [1.165, 1.54) is 103 Å². The molecular weight excluding hydrogens is 775 g/mol. The molecule has 13 heteroatoms. The highest BCUT2D eigenvalue weighted by atomic mass is 32.3. The van der Waals surface area contributed by atoms with Crippen LogP contribution in [-0.4, -0.2) is 95.4 Å². The monoisotopic (exact) mass is 860 g/mol. The van der Waals surface area contributed by atoms with Gasteiger partial charge in [-0.1, -0.05) is 172 Å². The van der Waals surface area contributed by atoms with Gasteiger partial charge in [0, 0.05) is 6.42 Å². The molecule has 1 heterocycles. The molecule has 1 fully saturated rings. The normalized spacial score (nSPS) is 21.2. The van der Waals surface area contributed by atoms with Gasteiger partial charge in [0.05, 0.1) is 25.4 Å². The zero-order valence-corrected chi connectivity index (χ0v) is 37.6. The average Bonchev–Trinajstić information content (AvgIpc) is 3.20. The third kappa shape index (κ3) is 30.1. The minimum Gasteiger partial charge on any atom is -0.394 e. The SMILES string of the molecule is CCCCCCCCC/C=C/C(O)C(COC1OC(CO)C(O)C(OS(=O)(=O)O)C1O)NC(=O)CCCCCCCCC/C=C\C/C=C\CCCCCCCCCCC. The summed E-state index contributed by atoms with van der Waals surface area (Å²) in [6.07, 6.45) is 34.9. The van der Waals surface area contributed by atoms with E-state index in [9.17, 15) is 33.6 Å². The number of unbranched alkanes of at least 4 members (excludes halogenated alkanes) is 23. The lowest BCUT2D eigenvalue weighted by atomic mass is 9.99. The first-order chi connectivity index (χ1) is 28.5. The zero-order valence-electron chi connectivity index (χ0n) is 36.8. The van der Waals surface area contributed by atoms with Crippen molar-refractivity contribution in [3.63, 3.8) is 0 Å². The molecule has 1 amide bonds. The highest BCUT2D eigenvalue weighted by Crippen LogP contribution is 2.26. The average molecular weight is 860 g/mol. The van der Waals surface area contributed by atoms with Crippen molar-refractivity contribution in [3.05, 3.63) is 36.5 Å². The maximum Gasteiger partial charge on any atom is 0.397 e. The van der Waals surface area contributed by atoms with Crippen LogP contribution in [0, 0.1) is 0 Å². The van der Waals surface area contributed by atoms with Crippen LogP contribution in [0.4, 0.5) is 0 Å². The molecule has 1 aliphatic rings. The summed E-state index contributed by atoms with van der Waals surface area (Å²) in [7, 11) is -5.08. The van der Waals surface area contributed by atoms with E-state index in [1.807, 2.05) is 6.08 Å². The molecule has 0 bridgehead atoms. The van der Waals surface area contributed by atoms with E-state index < -0.39 is 59.9 Å². The van der Waals surface area contributed by atoms with Crippen LogP contribution < -0.4 is 5.32 Å². The number of amides is 1. The molecule has 59 heavy (non-hydrogen) atoms. The van der Waals surface area contributed by atoms with Crippen molar-refractivity contribution in [2.45, 2.75) is 236 Å². The summed E-state index contributed by atoms with van der Waals surface area (Å²) in [5.41, 5.74) is 0. The van der Waals surface area contributed by atoms with E-state index in [2.05, 4.69) is 47.7 Å². The fourth-order valence-corrected chi connectivity index (χ4v) is 7.76. The van der Waals surface area contributed by atoms with Crippen LogP contribution in [-0.2, 0) is 28.9 Å². The lowest BCUT2D eigenvalue weighted by Gasteiger charge is -2.41. The van der Waals surface area contributed by atoms with Gasteiger partial charge in [-0.25, -0.2) is 4.18 Å². The number of carbonyl (C=O) groups is 1. The molecular formula is C46H85NO11S. The van der Waals surface area contributed by atoms with Gasteiger partial charge >= 0.3 is 10.4 Å². The zero-order chi connectivity index (χ0) is 43.4. The van der Waals surface area contributed by atoms with Crippen LogP contribution in [0.1, 0.15) is 194 Å². The minimum absolute atomic E-state index is 0.259. The Labute approximate surface area is 358 Å². The largest absolute Gasteiger partial charge is 0.397 e. The second-order valence-corrected chi connectivity index (χ2v) is 17.4. The molecule has 0 spiro atoms. The van der Waals surface area contributed by atoms with E-state index in [0.717, 1.165) is 64.2 Å². The van der Waals surface area contributed by atoms with Crippen LogP contribution in [0.15, 0.2) is 36.5 Å². The Bertz CT molecular complexity index is 1200. The first kappa shape index (κ1) is 55.3. The Morgan fingerprint density at radius 1 is 0.678 bits per heavy atom. The Hall–Kier alpha value is -1.68. The summed E-state index contributed by atoms with van der Waals surface area (Å²) in [6, 6.07) is -0.946. The number of rotatable bonds is 39. The first-order valence-electron chi connectivity index (χ1n) is 23.4. The molecule has 1 rings (SSSR count). The van der Waals surface area contributed by atoms with Gasteiger partial charge < -0.3 is 35.2 Å². The Kier molecular flexibility index (Phi) is 34.6. The van der Waals surface area contributed by atoms with Gasteiger partial charge in [0.25, 0.3) is 0 Å². The third-order valence-corrected chi connectivity index (χ3v) is 11.4. The molecule has 0 aromatic carbocycles. The number of hydrogen-bond donors (Lipinski definition) is 6. The maximum absolute atomic E-state index is 13.0. The van der Waals surface area contributed by atoms with E-state index in [0.29, 0.717) is 6.42 Å². The second kappa shape index (κ2) is 36.9. The Morgan fingerprint density at radius 2 is 1.14 bits per heavy atom. The fraction of sp³-hybridized carbons (Fsp3) is 0.848. The molecule has 0 aromatic rings. The predicted molar refractivity (Wildman–Crippen MR) is 236 cm³/mol. The van der Waals surface area contributed by atoms with Gasteiger partial charge in [0.2, 0.25) is 5.91 Å². The molecule has 346 valence electrons. The third-order valence-electron chi connectivity index (χ3n) is 10.9. The van der Waals surface area contributed by atoms with E-state index >= 15 is 0 Å². The molecule has 0 saturated carbocycles. The Morgan fingerprint density at radius 3 is 1.61 bits per heavy atom. The van der Waals surface area contributed by atoms with Gasteiger partial charge in [-0.15, -0.1) is 0 Å². The molecule has 1 aliphatic heterocycles. The number of aliphatic hydroxyl groups excluding tert-OH is 4. The molecule has 0 aliphatic carbocycles. The second-order valence-electron chi connectivity index (χ2n) is 16.3. The van der Waals surface area contributed by atoms with Gasteiger partial charge in [-0.3, -0.25) is 9.35 Å². The topological polar surface area (TPSA) is 192 Å². The number of ether oxygens (including phenoxy) is 2. The predicted octanol–water partition coefficient (Wildman–Crippen LogP) is 9.11. The molecule has 12 nitrogen and oxygen atoms in total. The van der Waals surface area contributed by atoms with Crippen molar-refractivity contribution < 1.29 is 51.8 Å². The van der Waals surface area contributed by atoms with Crippen molar-refractivity contribution in [2.24, 2.45) is 0 Å². The number of nitrogens with one attached hydrogen (secondary N) is 1. The van der Waals surface area contributed by atoms with Crippen LogP contribution in [0.3, 0.4) is 0 Å². The van der Waals surface area contributed by atoms with Crippen molar-refractivity contribution in [1.29, 1.82) is 0 Å². The van der Waals surface area contributed by atoms with Gasteiger partial charge in [0.1, 0.15) is 24.4 Å². The number of hydrogen-bond acceptors (Lipinski definition) is 10. The fourth-order valence-electron chi connectivity index (χ4n) is 7.25. The van der Waals surface area contributed by atoms with E-state index in [4.69, 9.17) is 14.0 Å². The van der Waals surface area contributed by atoms with Crippen molar-refractivity contribution in [2.75, 3.05) is 13.2 Å².